The van der Waals surface area contributed by atoms with E-state index >= 15 is 0 Å². The van der Waals surface area contributed by atoms with E-state index in [4.69, 9.17) is 24.3 Å². The molecule has 36 heavy (non-hydrogen) atoms. The summed E-state index contributed by atoms with van der Waals surface area (Å²) in [7, 11) is -4.24. The number of esters is 1. The molecular formula is C27H56NO7P. The summed E-state index contributed by atoms with van der Waals surface area (Å²) < 4.78 is 32.8. The second-order valence-electron chi connectivity index (χ2n) is 9.63. The Balaban J connectivity index is 4.08. The van der Waals surface area contributed by atoms with Gasteiger partial charge in [0.1, 0.15) is 6.10 Å². The smallest absolute Gasteiger partial charge is 0.457 e. The van der Waals surface area contributed by atoms with E-state index in [9.17, 15) is 14.3 Å². The first-order chi connectivity index (χ1) is 17.4. The summed E-state index contributed by atoms with van der Waals surface area (Å²) in [5, 5.41) is 0. The number of unbranched alkanes of at least 4 members (excludes halogenated alkanes) is 15. The molecule has 0 aromatic rings. The van der Waals surface area contributed by atoms with Gasteiger partial charge in [-0.25, -0.2) is 4.57 Å². The molecule has 0 heterocycles. The molecule has 0 fully saturated rings. The second-order valence-corrected chi connectivity index (χ2v) is 11.1. The van der Waals surface area contributed by atoms with Crippen LogP contribution in [0.15, 0.2) is 0 Å². The van der Waals surface area contributed by atoms with Gasteiger partial charge >= 0.3 is 13.8 Å². The van der Waals surface area contributed by atoms with Gasteiger partial charge in [0, 0.05) is 19.6 Å². The predicted molar refractivity (Wildman–Crippen MR) is 146 cm³/mol. The van der Waals surface area contributed by atoms with Crippen molar-refractivity contribution in [1.29, 1.82) is 0 Å². The summed E-state index contributed by atoms with van der Waals surface area (Å²) in [5.41, 5.74) is 5.30. The zero-order valence-electron chi connectivity index (χ0n) is 23.3. The SMILES string of the molecule is CCCCCCCCCCCCCCOCC(COP(=O)(O)OCCN)OC(=O)CCCCCCC. The van der Waals surface area contributed by atoms with Crippen molar-refractivity contribution in [3.05, 3.63) is 0 Å². The number of nitrogens with two attached hydrogens (primary N) is 1. The van der Waals surface area contributed by atoms with E-state index < -0.39 is 13.9 Å². The van der Waals surface area contributed by atoms with E-state index in [0.29, 0.717) is 13.0 Å². The van der Waals surface area contributed by atoms with Crippen LogP contribution < -0.4 is 5.73 Å². The van der Waals surface area contributed by atoms with Gasteiger partial charge in [-0.05, 0) is 12.8 Å². The molecule has 0 aromatic heterocycles. The van der Waals surface area contributed by atoms with Crippen molar-refractivity contribution in [1.82, 2.24) is 0 Å². The van der Waals surface area contributed by atoms with Crippen LogP contribution in [0.2, 0.25) is 0 Å². The molecule has 0 bridgehead atoms. The predicted octanol–water partition coefficient (Wildman–Crippen LogP) is 7.07. The highest BCUT2D eigenvalue weighted by atomic mass is 31.2. The van der Waals surface area contributed by atoms with E-state index in [-0.39, 0.29) is 32.3 Å². The first-order valence-electron chi connectivity index (χ1n) is 14.5. The molecule has 3 N–H and O–H groups in total. The third kappa shape index (κ3) is 25.2. The summed E-state index contributed by atoms with van der Waals surface area (Å²) in [4.78, 5) is 21.9. The molecule has 0 aliphatic rings. The van der Waals surface area contributed by atoms with Crippen molar-refractivity contribution in [2.75, 3.05) is 33.0 Å². The summed E-state index contributed by atoms with van der Waals surface area (Å²) in [5.74, 6) is -0.343. The molecule has 2 atom stereocenters. The first-order valence-corrected chi connectivity index (χ1v) is 16.0. The molecule has 2 unspecified atom stereocenters. The largest absolute Gasteiger partial charge is 0.472 e. The topological polar surface area (TPSA) is 117 Å². The maximum Gasteiger partial charge on any atom is 0.472 e. The summed E-state index contributed by atoms with van der Waals surface area (Å²) >= 11 is 0. The molecule has 0 radical (unpaired) electrons. The van der Waals surface area contributed by atoms with Crippen molar-refractivity contribution in [2.45, 2.75) is 136 Å². The lowest BCUT2D eigenvalue weighted by Gasteiger charge is -2.20. The Kier molecular flexibility index (Phi) is 25.8. The number of carbonyl (C=O) groups excluding carboxylic acids is 1. The van der Waals surface area contributed by atoms with E-state index in [2.05, 4.69) is 13.8 Å². The molecule has 0 rings (SSSR count). The fourth-order valence-electron chi connectivity index (χ4n) is 3.88. The second kappa shape index (κ2) is 26.1. The van der Waals surface area contributed by atoms with Crippen molar-refractivity contribution >= 4 is 13.8 Å². The van der Waals surface area contributed by atoms with Gasteiger partial charge in [-0.15, -0.1) is 0 Å². The number of hydrogen-bond acceptors (Lipinski definition) is 7. The van der Waals surface area contributed by atoms with Crippen molar-refractivity contribution in [3.8, 4) is 0 Å². The molecule has 0 aliphatic heterocycles. The van der Waals surface area contributed by atoms with Crippen LogP contribution in [0.4, 0.5) is 0 Å². The molecule has 0 aliphatic carbocycles. The average Bonchev–Trinajstić information content (AvgIpc) is 2.86. The van der Waals surface area contributed by atoms with Gasteiger partial charge < -0.3 is 20.1 Å². The number of hydrogen-bond donors (Lipinski definition) is 2. The lowest BCUT2D eigenvalue weighted by atomic mass is 10.1. The number of carbonyl (C=O) groups is 1. The number of ether oxygens (including phenoxy) is 2. The van der Waals surface area contributed by atoms with E-state index in [1.54, 1.807) is 0 Å². The van der Waals surface area contributed by atoms with Crippen LogP contribution in [-0.4, -0.2) is 49.9 Å². The van der Waals surface area contributed by atoms with Crippen molar-refractivity contribution in [3.63, 3.8) is 0 Å². The van der Waals surface area contributed by atoms with Crippen LogP contribution in [0.5, 0.6) is 0 Å². The fourth-order valence-corrected chi connectivity index (χ4v) is 4.64. The molecule has 0 saturated carbocycles. The van der Waals surface area contributed by atoms with Crippen LogP contribution in [0.1, 0.15) is 129 Å². The molecule has 0 spiro atoms. The van der Waals surface area contributed by atoms with Gasteiger partial charge in [-0.3, -0.25) is 13.8 Å². The standard InChI is InChI=1S/C27H56NO7P/c1-3-5-7-9-10-11-12-13-14-15-17-19-22-32-24-26(25-34-36(30,31)33-23-21-28)35-27(29)20-18-16-8-6-4-2/h26H,3-25,28H2,1-2H3,(H,30,31). The molecule has 8 nitrogen and oxygen atoms in total. The van der Waals surface area contributed by atoms with Gasteiger partial charge in [-0.1, -0.05) is 110 Å². The minimum Gasteiger partial charge on any atom is -0.457 e. The van der Waals surface area contributed by atoms with Gasteiger partial charge in [0.25, 0.3) is 0 Å². The highest BCUT2D eigenvalue weighted by Crippen LogP contribution is 2.43. The van der Waals surface area contributed by atoms with Crippen LogP contribution >= 0.6 is 7.82 Å². The molecule has 0 saturated heterocycles. The highest BCUT2D eigenvalue weighted by Gasteiger charge is 2.25. The molecule has 9 heteroatoms. The zero-order chi connectivity index (χ0) is 26.7. The fraction of sp³-hybridized carbons (Fsp3) is 0.963. The highest BCUT2D eigenvalue weighted by molar-refractivity contribution is 7.47. The van der Waals surface area contributed by atoms with Gasteiger partial charge in [0.05, 0.1) is 19.8 Å². The van der Waals surface area contributed by atoms with Crippen molar-refractivity contribution in [2.24, 2.45) is 5.73 Å². The molecule has 216 valence electrons. The Morgan fingerprint density at radius 1 is 0.722 bits per heavy atom. The summed E-state index contributed by atoms with van der Waals surface area (Å²) in [6.07, 6.45) is 20.0. The molecular weight excluding hydrogens is 481 g/mol. The van der Waals surface area contributed by atoms with E-state index in [1.165, 1.54) is 64.2 Å². The van der Waals surface area contributed by atoms with Crippen LogP contribution in [0.3, 0.4) is 0 Å². The maximum absolute atomic E-state index is 12.2. The zero-order valence-corrected chi connectivity index (χ0v) is 24.2. The quantitative estimate of drug-likeness (QED) is 0.0618. The minimum absolute atomic E-state index is 0.0918. The molecule has 0 amide bonds. The average molecular weight is 538 g/mol. The van der Waals surface area contributed by atoms with E-state index in [1.807, 2.05) is 0 Å². The lowest BCUT2D eigenvalue weighted by Crippen LogP contribution is -2.28. The third-order valence-electron chi connectivity index (χ3n) is 6.02. The van der Waals surface area contributed by atoms with Gasteiger partial charge in [0.15, 0.2) is 0 Å². The van der Waals surface area contributed by atoms with Crippen LogP contribution in [-0.2, 0) is 27.9 Å². The Labute approximate surface area is 221 Å². The number of phosphoric acid groups is 1. The van der Waals surface area contributed by atoms with E-state index in [0.717, 1.165) is 44.9 Å². The first kappa shape index (κ1) is 35.5. The maximum atomic E-state index is 12.2. The number of phosphoric ester groups is 1. The summed E-state index contributed by atoms with van der Waals surface area (Å²) in [6.45, 7) is 4.82. The minimum atomic E-state index is -4.24. The third-order valence-corrected chi connectivity index (χ3v) is 7.01. The Bertz CT molecular complexity index is 536. The lowest BCUT2D eigenvalue weighted by molar-refractivity contribution is -0.154. The van der Waals surface area contributed by atoms with Gasteiger partial charge in [0.2, 0.25) is 0 Å². The van der Waals surface area contributed by atoms with Crippen molar-refractivity contribution < 1.29 is 32.8 Å². The van der Waals surface area contributed by atoms with Crippen LogP contribution in [0, 0.1) is 0 Å². The Morgan fingerprint density at radius 3 is 1.75 bits per heavy atom. The number of rotatable bonds is 28. The Hall–Kier alpha value is -0.500. The van der Waals surface area contributed by atoms with Gasteiger partial charge in [-0.2, -0.15) is 0 Å². The summed E-state index contributed by atoms with van der Waals surface area (Å²) in [6, 6.07) is 0. The molecule has 0 aromatic carbocycles. The Morgan fingerprint density at radius 2 is 1.22 bits per heavy atom. The normalized spacial score (nSPS) is 14.0. The monoisotopic (exact) mass is 537 g/mol. The van der Waals surface area contributed by atoms with Crippen LogP contribution in [0.25, 0.3) is 0 Å².